The highest BCUT2D eigenvalue weighted by molar-refractivity contribution is 5.54. The van der Waals surface area contributed by atoms with E-state index in [4.69, 9.17) is 0 Å². The van der Waals surface area contributed by atoms with Gasteiger partial charge in [0.1, 0.15) is 0 Å². The molecule has 1 N–H and O–H groups in total. The molecule has 7 heteroatoms. The molecule has 0 spiro atoms. The molecule has 0 radical (unpaired) electrons. The third-order valence-corrected chi connectivity index (χ3v) is 1.53. The summed E-state index contributed by atoms with van der Waals surface area (Å²) < 4.78 is 30.2. The van der Waals surface area contributed by atoms with Crippen LogP contribution in [0.2, 0.25) is 0 Å². The highest BCUT2D eigenvalue weighted by atomic mass is 19.1. The Morgan fingerprint density at radius 1 is 1.29 bits per heavy atom. The number of aromatic amines is 1. The molecule has 2 aromatic heterocycles. The van der Waals surface area contributed by atoms with Gasteiger partial charge in [-0.1, -0.05) is 5.16 Å². The molecule has 0 unspecified atom stereocenters. The lowest BCUT2D eigenvalue weighted by molar-refractivity contribution is 0.387. The maximum absolute atomic E-state index is 13.0. The van der Waals surface area contributed by atoms with Crippen molar-refractivity contribution in [2.75, 3.05) is 0 Å². The minimum atomic E-state index is -0.922. The first-order valence-corrected chi connectivity index (χ1v) is 3.54. The molecule has 14 heavy (non-hydrogen) atoms. The van der Waals surface area contributed by atoms with Crippen LogP contribution in [0.3, 0.4) is 0 Å². The molecule has 0 amide bonds. The number of aromatic nitrogens is 3. The van der Waals surface area contributed by atoms with Gasteiger partial charge in [-0.3, -0.25) is 14.5 Å². The summed E-state index contributed by atoms with van der Waals surface area (Å²) in [4.78, 5) is 15.9. The second-order valence-electron chi connectivity index (χ2n) is 2.42. The zero-order valence-corrected chi connectivity index (χ0v) is 6.62. The summed E-state index contributed by atoms with van der Waals surface area (Å²) >= 11 is 0. The standard InChI is InChI=1S/C7H3F2N3O2/c8-3-1-10-2-4(9)5(3)6-11-7(13)14-12-6/h1-2H,(H,11,12,13). The van der Waals surface area contributed by atoms with E-state index < -0.39 is 23.0 Å². The molecule has 0 saturated heterocycles. The van der Waals surface area contributed by atoms with Gasteiger partial charge in [0.2, 0.25) is 0 Å². The van der Waals surface area contributed by atoms with E-state index in [-0.39, 0.29) is 5.82 Å². The predicted molar refractivity (Wildman–Crippen MR) is 40.3 cm³/mol. The van der Waals surface area contributed by atoms with Crippen molar-refractivity contribution in [2.45, 2.75) is 0 Å². The molecule has 0 aliphatic carbocycles. The van der Waals surface area contributed by atoms with Gasteiger partial charge in [-0.25, -0.2) is 13.6 Å². The molecule has 5 nitrogen and oxygen atoms in total. The summed E-state index contributed by atoms with van der Waals surface area (Å²) in [5.41, 5.74) is -0.467. The molecule has 0 fully saturated rings. The van der Waals surface area contributed by atoms with E-state index in [0.717, 1.165) is 12.4 Å². The molecule has 2 aromatic rings. The Bertz CT molecular complexity index is 499. The number of H-pyrrole nitrogens is 1. The summed E-state index contributed by atoms with van der Waals surface area (Å²) in [6.45, 7) is 0. The molecular weight excluding hydrogens is 196 g/mol. The van der Waals surface area contributed by atoms with Crippen molar-refractivity contribution in [1.29, 1.82) is 0 Å². The van der Waals surface area contributed by atoms with Crippen LogP contribution in [-0.2, 0) is 0 Å². The summed E-state index contributed by atoms with van der Waals surface area (Å²) in [6.07, 6.45) is 1.62. The Kier molecular flexibility index (Phi) is 1.84. The number of rotatable bonds is 1. The highest BCUT2D eigenvalue weighted by Gasteiger charge is 2.15. The molecule has 0 aromatic carbocycles. The normalized spacial score (nSPS) is 10.4. The number of hydrogen-bond donors (Lipinski definition) is 1. The second-order valence-corrected chi connectivity index (χ2v) is 2.42. The molecule has 0 bridgehead atoms. The fourth-order valence-electron chi connectivity index (χ4n) is 0.975. The lowest BCUT2D eigenvalue weighted by atomic mass is 10.2. The van der Waals surface area contributed by atoms with E-state index in [1.807, 2.05) is 4.98 Å². The van der Waals surface area contributed by atoms with Crippen LogP contribution < -0.4 is 5.76 Å². The van der Waals surface area contributed by atoms with Gasteiger partial charge >= 0.3 is 5.76 Å². The molecule has 2 heterocycles. The summed E-state index contributed by atoms with van der Waals surface area (Å²) in [6, 6.07) is 0. The molecular formula is C7H3F2N3O2. The van der Waals surface area contributed by atoms with Crippen molar-refractivity contribution in [3.8, 4) is 11.4 Å². The maximum atomic E-state index is 13.0. The fraction of sp³-hybridized carbons (Fsp3) is 0. The molecule has 2 rings (SSSR count). The monoisotopic (exact) mass is 199 g/mol. The third kappa shape index (κ3) is 1.28. The van der Waals surface area contributed by atoms with Crippen LogP contribution in [0.25, 0.3) is 11.4 Å². The van der Waals surface area contributed by atoms with Crippen molar-refractivity contribution in [1.82, 2.24) is 15.1 Å². The van der Waals surface area contributed by atoms with Crippen LogP contribution >= 0.6 is 0 Å². The van der Waals surface area contributed by atoms with Gasteiger partial charge in [0.25, 0.3) is 0 Å². The van der Waals surface area contributed by atoms with Gasteiger partial charge in [-0.15, -0.1) is 0 Å². The molecule has 72 valence electrons. The van der Waals surface area contributed by atoms with E-state index in [9.17, 15) is 13.6 Å². The Balaban J connectivity index is 2.67. The van der Waals surface area contributed by atoms with E-state index >= 15 is 0 Å². The number of nitrogens with zero attached hydrogens (tertiary/aromatic N) is 2. The first-order valence-electron chi connectivity index (χ1n) is 3.54. The summed E-state index contributed by atoms with van der Waals surface area (Å²) in [7, 11) is 0. The smallest absolute Gasteiger partial charge is 0.296 e. The van der Waals surface area contributed by atoms with Gasteiger partial charge in [0, 0.05) is 0 Å². The average molecular weight is 199 g/mol. The quantitative estimate of drug-likeness (QED) is 0.733. The van der Waals surface area contributed by atoms with E-state index in [1.165, 1.54) is 0 Å². The first kappa shape index (κ1) is 8.54. The number of hydrogen-bond acceptors (Lipinski definition) is 4. The van der Waals surface area contributed by atoms with Crippen molar-refractivity contribution >= 4 is 0 Å². The molecule has 0 saturated carbocycles. The molecule has 0 atom stereocenters. The van der Waals surface area contributed by atoms with Crippen molar-refractivity contribution < 1.29 is 13.3 Å². The number of pyridine rings is 1. The van der Waals surface area contributed by atoms with Gasteiger partial charge in [-0.2, -0.15) is 0 Å². The Labute approximate surface area is 75.4 Å². The first-order chi connectivity index (χ1) is 6.68. The predicted octanol–water partition coefficient (Wildman–Crippen LogP) is 0.703. The molecule has 0 aliphatic rings. The largest absolute Gasteiger partial charge is 0.439 e. The van der Waals surface area contributed by atoms with Gasteiger partial charge in [0.15, 0.2) is 17.5 Å². The van der Waals surface area contributed by atoms with Crippen LogP contribution in [0.4, 0.5) is 8.78 Å². The van der Waals surface area contributed by atoms with E-state index in [1.54, 1.807) is 0 Å². The minimum Gasteiger partial charge on any atom is -0.296 e. The van der Waals surface area contributed by atoms with Crippen molar-refractivity contribution in [3.05, 3.63) is 34.6 Å². The van der Waals surface area contributed by atoms with Gasteiger partial charge in [0.05, 0.1) is 18.0 Å². The second kappa shape index (κ2) is 3.02. The summed E-state index contributed by atoms with van der Waals surface area (Å²) in [5, 5.41) is 3.16. The Hall–Kier alpha value is -2.05. The topological polar surface area (TPSA) is 71.8 Å². The van der Waals surface area contributed by atoms with E-state index in [0.29, 0.717) is 0 Å². The SMILES string of the molecule is O=c1[nH]c(-c2c(F)cncc2F)no1. The lowest BCUT2D eigenvalue weighted by Crippen LogP contribution is -1.98. The van der Waals surface area contributed by atoms with Crippen LogP contribution in [0.5, 0.6) is 0 Å². The highest BCUT2D eigenvalue weighted by Crippen LogP contribution is 2.19. The lowest BCUT2D eigenvalue weighted by Gasteiger charge is -1.97. The maximum Gasteiger partial charge on any atom is 0.439 e. The Morgan fingerprint density at radius 3 is 2.43 bits per heavy atom. The Morgan fingerprint density at radius 2 is 1.93 bits per heavy atom. The summed E-state index contributed by atoms with van der Waals surface area (Å²) in [5.74, 6) is -3.02. The van der Waals surface area contributed by atoms with E-state index in [2.05, 4.69) is 14.7 Å². The van der Waals surface area contributed by atoms with Crippen LogP contribution in [-0.4, -0.2) is 15.1 Å². The fourth-order valence-corrected chi connectivity index (χ4v) is 0.975. The van der Waals surface area contributed by atoms with Crippen molar-refractivity contribution in [2.24, 2.45) is 0 Å². The van der Waals surface area contributed by atoms with Crippen LogP contribution in [0.15, 0.2) is 21.7 Å². The minimum absolute atomic E-state index is 0.299. The van der Waals surface area contributed by atoms with Crippen LogP contribution in [0.1, 0.15) is 0 Å². The zero-order chi connectivity index (χ0) is 10.1. The number of nitrogens with one attached hydrogen (secondary N) is 1. The number of halogens is 2. The third-order valence-electron chi connectivity index (χ3n) is 1.53. The van der Waals surface area contributed by atoms with Gasteiger partial charge < -0.3 is 0 Å². The average Bonchev–Trinajstić information content (AvgIpc) is 2.51. The molecule has 0 aliphatic heterocycles. The zero-order valence-electron chi connectivity index (χ0n) is 6.62. The van der Waals surface area contributed by atoms with Gasteiger partial charge in [-0.05, 0) is 0 Å². The van der Waals surface area contributed by atoms with Crippen LogP contribution in [0, 0.1) is 11.6 Å². The van der Waals surface area contributed by atoms with Crippen molar-refractivity contribution in [3.63, 3.8) is 0 Å².